The summed E-state index contributed by atoms with van der Waals surface area (Å²) < 4.78 is 5.34. The molecule has 0 heterocycles. The Morgan fingerprint density at radius 1 is 0.773 bits per heavy atom. The van der Waals surface area contributed by atoms with Gasteiger partial charge in [-0.3, -0.25) is 4.79 Å². The molecule has 0 N–H and O–H groups in total. The molecule has 0 aromatic rings. The summed E-state index contributed by atoms with van der Waals surface area (Å²) in [6, 6.07) is 0. The third kappa shape index (κ3) is 18.5. The molecule has 1 unspecified atom stereocenters. The number of ether oxygens (including phenoxy) is 1. The van der Waals surface area contributed by atoms with Gasteiger partial charge in [0.2, 0.25) is 0 Å². The number of esters is 1. The van der Waals surface area contributed by atoms with Gasteiger partial charge in [-0.05, 0) is 26.2 Å². The Balaban J connectivity index is 0. The van der Waals surface area contributed by atoms with Gasteiger partial charge in [0.15, 0.2) is 0 Å². The molecule has 0 amide bonds. The minimum atomic E-state index is -0.0342. The van der Waals surface area contributed by atoms with E-state index in [1.54, 1.807) is 0 Å². The van der Waals surface area contributed by atoms with Crippen molar-refractivity contribution in [3.63, 3.8) is 0 Å². The van der Waals surface area contributed by atoms with Crippen molar-refractivity contribution in [3.05, 3.63) is 0 Å². The van der Waals surface area contributed by atoms with Crippen molar-refractivity contribution in [1.29, 1.82) is 0 Å². The average Bonchev–Trinajstić information content (AvgIpc) is 2.45. The van der Waals surface area contributed by atoms with E-state index < -0.39 is 0 Å². The van der Waals surface area contributed by atoms with E-state index in [1.807, 2.05) is 13.8 Å². The quantitative estimate of drug-likeness (QED) is 0.217. The summed E-state index contributed by atoms with van der Waals surface area (Å²) in [5, 5.41) is 0. The van der Waals surface area contributed by atoms with Gasteiger partial charge < -0.3 is 4.74 Å². The van der Waals surface area contributed by atoms with Gasteiger partial charge in [-0.25, -0.2) is 0 Å². The van der Waals surface area contributed by atoms with E-state index in [9.17, 15) is 4.79 Å². The van der Waals surface area contributed by atoms with Crippen LogP contribution in [0.4, 0.5) is 0 Å². The second-order valence-corrected chi connectivity index (χ2v) is 6.37. The molecule has 0 radical (unpaired) electrons. The van der Waals surface area contributed by atoms with Crippen LogP contribution in [0.5, 0.6) is 0 Å². The van der Waals surface area contributed by atoms with Gasteiger partial charge in [0.1, 0.15) is 0 Å². The van der Waals surface area contributed by atoms with Crippen LogP contribution in [0.15, 0.2) is 0 Å². The fourth-order valence-electron chi connectivity index (χ4n) is 2.64. The number of unbranched alkanes of at least 4 members (excludes halogenated alkanes) is 10. The van der Waals surface area contributed by atoms with Gasteiger partial charge in [0.05, 0.1) is 6.10 Å². The molecule has 0 spiro atoms. The molecule has 0 aromatic carbocycles. The van der Waals surface area contributed by atoms with Crippen molar-refractivity contribution < 1.29 is 9.53 Å². The van der Waals surface area contributed by atoms with Gasteiger partial charge in [0.25, 0.3) is 0 Å². The number of rotatable bonds is 15. The molecule has 2 nitrogen and oxygen atoms in total. The van der Waals surface area contributed by atoms with Crippen molar-refractivity contribution in [2.24, 2.45) is 0 Å². The second kappa shape index (κ2) is 19.5. The van der Waals surface area contributed by atoms with Crippen LogP contribution >= 0.6 is 0 Å². The maximum absolute atomic E-state index is 11.3. The van der Waals surface area contributed by atoms with Crippen LogP contribution in [0.25, 0.3) is 0 Å². The molecule has 0 saturated carbocycles. The number of carbonyl (C=O) groups is 1. The zero-order valence-corrected chi connectivity index (χ0v) is 14.8. The first-order valence-electron chi connectivity index (χ1n) is 9.40. The minimum absolute atomic E-state index is 0. The first kappa shape index (κ1) is 24.7. The van der Waals surface area contributed by atoms with Crippen molar-refractivity contribution in [1.82, 2.24) is 0 Å². The van der Waals surface area contributed by atoms with Crippen molar-refractivity contribution >= 4 is 35.5 Å². The Labute approximate surface area is 161 Å². The van der Waals surface area contributed by atoms with Gasteiger partial charge in [0, 0.05) is 6.42 Å². The molecule has 0 saturated heterocycles. The summed E-state index contributed by atoms with van der Waals surface area (Å²) in [6.45, 7) is 6.30. The molecule has 0 fully saturated rings. The van der Waals surface area contributed by atoms with Crippen LogP contribution < -0.4 is 0 Å². The zero-order chi connectivity index (χ0) is 15.8. The second-order valence-electron chi connectivity index (χ2n) is 6.37. The predicted octanol–water partition coefficient (Wildman–Crippen LogP) is 5.77. The number of hydrogen-bond donors (Lipinski definition) is 0. The van der Waals surface area contributed by atoms with Gasteiger partial charge in [-0.1, -0.05) is 78.1 Å². The van der Waals surface area contributed by atoms with Crippen LogP contribution in [0.2, 0.25) is 0 Å². The van der Waals surface area contributed by atoms with E-state index >= 15 is 0 Å². The summed E-state index contributed by atoms with van der Waals surface area (Å²) >= 11 is 0. The summed E-state index contributed by atoms with van der Waals surface area (Å²) in [5.41, 5.74) is 0. The molecule has 1 atom stereocenters. The van der Waals surface area contributed by atoms with E-state index in [4.69, 9.17) is 4.74 Å². The summed E-state index contributed by atoms with van der Waals surface area (Å²) in [4.78, 5) is 11.3. The molecular weight excluding hydrogens is 283 g/mol. The molecule has 128 valence electrons. The fourth-order valence-corrected chi connectivity index (χ4v) is 2.64. The Morgan fingerprint density at radius 2 is 1.23 bits per heavy atom. The Morgan fingerprint density at radius 3 is 1.68 bits per heavy atom. The SMILES string of the molecule is CCCCCCCCCCCCCC(C)OC(=O)CCC.[NaH]. The Kier molecular flexibility index (Phi) is 21.9. The van der Waals surface area contributed by atoms with E-state index in [0.29, 0.717) is 6.42 Å². The van der Waals surface area contributed by atoms with E-state index in [-0.39, 0.29) is 41.6 Å². The van der Waals surface area contributed by atoms with Gasteiger partial charge in [-0.15, -0.1) is 0 Å². The molecule has 22 heavy (non-hydrogen) atoms. The topological polar surface area (TPSA) is 26.3 Å². The van der Waals surface area contributed by atoms with Crippen LogP contribution in [0.1, 0.15) is 111 Å². The van der Waals surface area contributed by atoms with Crippen molar-refractivity contribution in [3.8, 4) is 0 Å². The fraction of sp³-hybridized carbons (Fsp3) is 0.947. The van der Waals surface area contributed by atoms with Crippen LogP contribution in [-0.2, 0) is 9.53 Å². The molecule has 0 aromatic heterocycles. The van der Waals surface area contributed by atoms with E-state index in [2.05, 4.69) is 6.92 Å². The Bertz CT molecular complexity index is 231. The third-order valence-corrected chi connectivity index (χ3v) is 4.00. The van der Waals surface area contributed by atoms with Gasteiger partial charge >= 0.3 is 35.5 Å². The number of carbonyl (C=O) groups excluding carboxylic acids is 1. The van der Waals surface area contributed by atoms with E-state index in [1.165, 1.54) is 70.6 Å². The monoisotopic (exact) mass is 322 g/mol. The summed E-state index contributed by atoms with van der Waals surface area (Å²) in [6.07, 6.45) is 17.6. The molecular formula is C19H39NaO2. The van der Waals surface area contributed by atoms with E-state index in [0.717, 1.165) is 12.8 Å². The third-order valence-electron chi connectivity index (χ3n) is 4.00. The van der Waals surface area contributed by atoms with Gasteiger partial charge in [-0.2, -0.15) is 0 Å². The Hall–Kier alpha value is 0.470. The molecule has 0 rings (SSSR count). The molecule has 3 heteroatoms. The standard InChI is InChI=1S/C19H38O2.Na.H/c1-4-6-7-8-9-10-11-12-13-14-15-17-18(3)21-19(20)16-5-2;;/h18H,4-17H2,1-3H3;;. The first-order chi connectivity index (χ1) is 10.2. The maximum atomic E-state index is 11.3. The van der Waals surface area contributed by atoms with Crippen LogP contribution in [0.3, 0.4) is 0 Å². The molecule has 0 bridgehead atoms. The zero-order valence-electron chi connectivity index (χ0n) is 14.8. The van der Waals surface area contributed by atoms with Crippen LogP contribution in [-0.4, -0.2) is 41.6 Å². The average molecular weight is 323 g/mol. The van der Waals surface area contributed by atoms with Crippen LogP contribution in [0, 0.1) is 0 Å². The van der Waals surface area contributed by atoms with Crippen molar-refractivity contribution in [2.75, 3.05) is 0 Å². The van der Waals surface area contributed by atoms with Crippen molar-refractivity contribution in [2.45, 2.75) is 117 Å². The molecule has 0 aliphatic carbocycles. The number of hydrogen-bond acceptors (Lipinski definition) is 2. The summed E-state index contributed by atoms with van der Waals surface area (Å²) in [5.74, 6) is -0.0342. The predicted molar refractivity (Wildman–Crippen MR) is 98.7 cm³/mol. The first-order valence-corrected chi connectivity index (χ1v) is 9.40. The summed E-state index contributed by atoms with van der Waals surface area (Å²) in [7, 11) is 0. The molecule has 0 aliphatic heterocycles. The molecule has 0 aliphatic rings. The normalized spacial score (nSPS) is 11.8.